The molecule has 0 saturated carbocycles. The van der Waals surface area contributed by atoms with E-state index in [4.69, 9.17) is 15.9 Å². The van der Waals surface area contributed by atoms with Crippen molar-refractivity contribution in [2.45, 2.75) is 110 Å². The number of amides is 2. The number of hydrogen-bond acceptors (Lipinski definition) is 14. The molecule has 4 aliphatic heterocycles. The van der Waals surface area contributed by atoms with Gasteiger partial charge in [0, 0.05) is 113 Å². The fraction of sp³-hybridized carbons (Fsp3) is 0.509. The summed E-state index contributed by atoms with van der Waals surface area (Å²) in [7, 11) is 3.27. The number of nitrogens with zero attached hydrogens (tertiary/aromatic N) is 8. The Hall–Kier alpha value is -5.90. The van der Waals surface area contributed by atoms with Gasteiger partial charge in [-0.25, -0.2) is 19.0 Å². The third-order valence-electron chi connectivity index (χ3n) is 12.2. The van der Waals surface area contributed by atoms with Gasteiger partial charge >= 0.3 is 11.9 Å². The van der Waals surface area contributed by atoms with Crippen LogP contribution in [0.3, 0.4) is 0 Å². The van der Waals surface area contributed by atoms with Gasteiger partial charge in [0.2, 0.25) is 11.2 Å². The topological polar surface area (TPSA) is 216 Å². The fourth-order valence-corrected chi connectivity index (χ4v) is 9.31. The number of benzene rings is 2. The van der Waals surface area contributed by atoms with Gasteiger partial charge in [-0.3, -0.25) is 19.4 Å². The largest absolute Gasteiger partial charge is 0.461 e. The number of halogens is 1. The van der Waals surface area contributed by atoms with Crippen molar-refractivity contribution in [3.63, 3.8) is 0 Å². The lowest BCUT2D eigenvalue weighted by Crippen LogP contribution is -2.41. The normalized spacial score (nSPS) is 19.8. The molecule has 2 atom stereocenters. The van der Waals surface area contributed by atoms with E-state index < -0.39 is 40.2 Å². The molecule has 2 aromatic heterocycles. The number of aliphatic hydroxyl groups is 4. The number of β-amino-alcohol motifs (C(OH)–C–C–N with tert-alkyl or cyclic N) is 2. The van der Waals surface area contributed by atoms with Crippen molar-refractivity contribution in [2.24, 2.45) is 0 Å². The third-order valence-corrected chi connectivity index (χ3v) is 12.7. The van der Waals surface area contributed by atoms with E-state index >= 15 is 0 Å². The van der Waals surface area contributed by atoms with E-state index in [2.05, 4.69) is 53.7 Å². The van der Waals surface area contributed by atoms with Crippen LogP contribution in [-0.2, 0) is 45.0 Å². The number of esters is 2. The highest BCUT2D eigenvalue weighted by Crippen LogP contribution is 2.30. The number of rotatable bonds is 10. The first-order chi connectivity index (χ1) is 33.4. The molecule has 8 rings (SSSR count). The molecule has 2 fully saturated rings. The maximum Gasteiger partial charge on any atom is 0.359 e. The number of hydrogen-bond donors (Lipinski definition) is 4. The fourth-order valence-electron chi connectivity index (χ4n) is 8.92. The molecule has 2 saturated heterocycles. The number of carbonyl (C=O) groups is 4. The quantitative estimate of drug-likeness (QED) is 0.131. The van der Waals surface area contributed by atoms with Crippen LogP contribution in [0.15, 0.2) is 53.0 Å². The van der Waals surface area contributed by atoms with Gasteiger partial charge in [-0.15, -0.1) is 6.42 Å². The molecule has 2 aromatic carbocycles. The molecular weight excluding hydrogens is 989 g/mol. The van der Waals surface area contributed by atoms with Gasteiger partial charge in [0.25, 0.3) is 11.8 Å². The number of ether oxygens (including phenoxy) is 2. The first-order valence-electron chi connectivity index (χ1n) is 23.7. The number of terminal acetylenes is 1. The summed E-state index contributed by atoms with van der Waals surface area (Å²) in [5.74, 6) is 6.13. The summed E-state index contributed by atoms with van der Waals surface area (Å²) in [4.78, 5) is 55.5. The highest BCUT2D eigenvalue weighted by Gasteiger charge is 2.43. The second-order valence-electron chi connectivity index (χ2n) is 19.5. The van der Waals surface area contributed by atoms with Crippen LogP contribution in [0.5, 0.6) is 0 Å². The zero-order chi connectivity index (χ0) is 52.1. The van der Waals surface area contributed by atoms with E-state index in [9.17, 15) is 39.6 Å². The molecule has 4 aliphatic rings. The van der Waals surface area contributed by atoms with Crippen molar-refractivity contribution in [3.8, 4) is 35.6 Å². The van der Waals surface area contributed by atoms with Crippen LogP contribution < -0.4 is 0 Å². The minimum atomic E-state index is -1.67. The van der Waals surface area contributed by atoms with Gasteiger partial charge in [0.15, 0.2) is 11.4 Å². The Balaban J connectivity index is 0.000000228. The molecule has 0 aliphatic carbocycles. The van der Waals surface area contributed by atoms with E-state index in [0.717, 1.165) is 51.3 Å². The highest BCUT2D eigenvalue weighted by atomic mass is 79.9. The number of aromatic nitrogens is 4. The molecule has 0 unspecified atom stereocenters. The molecule has 0 spiro atoms. The summed E-state index contributed by atoms with van der Waals surface area (Å²) in [6.45, 7) is 15.8. The monoisotopic (exact) mass is 1060 g/mol. The van der Waals surface area contributed by atoms with Crippen molar-refractivity contribution in [3.05, 3.63) is 92.5 Å². The summed E-state index contributed by atoms with van der Waals surface area (Å²) in [5.41, 5.74) is 1.67. The lowest BCUT2D eigenvalue weighted by Gasteiger charge is -2.32. The van der Waals surface area contributed by atoms with Crippen LogP contribution in [0.25, 0.3) is 11.4 Å². The molecule has 18 nitrogen and oxygen atoms in total. The van der Waals surface area contributed by atoms with Crippen LogP contribution in [0.1, 0.15) is 111 Å². The highest BCUT2D eigenvalue weighted by molar-refractivity contribution is 9.10. The summed E-state index contributed by atoms with van der Waals surface area (Å²) >= 11 is 3.49. The molecule has 19 heteroatoms. The van der Waals surface area contributed by atoms with Crippen molar-refractivity contribution in [2.75, 3.05) is 66.6 Å². The molecule has 388 valence electrons. The van der Waals surface area contributed by atoms with Crippen LogP contribution in [0, 0.1) is 24.2 Å². The molecule has 6 heterocycles. The number of fused-ring (bicyclic) bond motifs is 2. The van der Waals surface area contributed by atoms with Crippen LogP contribution in [0.2, 0.25) is 0 Å². The van der Waals surface area contributed by atoms with E-state index in [1.807, 2.05) is 47.1 Å². The zero-order valence-corrected chi connectivity index (χ0v) is 43.4. The molecule has 4 aromatic rings. The lowest BCUT2D eigenvalue weighted by atomic mass is 10.0. The van der Waals surface area contributed by atoms with Crippen LogP contribution in [-0.4, -0.2) is 172 Å². The maximum atomic E-state index is 12.7. The second-order valence-corrected chi connectivity index (χ2v) is 20.4. The Kier molecular flexibility index (Phi) is 18.5. The average Bonchev–Trinajstić information content (AvgIpc) is 4.03. The number of likely N-dealkylation sites (N-methyl/N-ethyl adjacent to an activating group) is 2. The molecule has 72 heavy (non-hydrogen) atoms. The maximum absolute atomic E-state index is 12.7. The van der Waals surface area contributed by atoms with Gasteiger partial charge in [-0.2, -0.15) is 10.2 Å². The minimum Gasteiger partial charge on any atom is -0.461 e. The van der Waals surface area contributed by atoms with Crippen LogP contribution in [0.4, 0.5) is 0 Å². The SMILES string of the molecule is C.C#C[C@]1(O)CCN(C)C1=O.CCOC(=O)c1nn(-c2cccc(Br)c2)c2c1CN(CC(C)(C)O)CC2.CCOC(=O)c1nn(-c2cccc(C#C[C@]3(O)CCN(C)C3=O)c2)c2c1CN(CC(C)(C)O)CC2. The summed E-state index contributed by atoms with van der Waals surface area (Å²) in [5, 5.41) is 49.5. The van der Waals surface area contributed by atoms with Gasteiger partial charge in [-0.05, 0) is 77.9 Å². The zero-order valence-electron chi connectivity index (χ0n) is 41.8. The Morgan fingerprint density at radius 3 is 1.57 bits per heavy atom. The predicted octanol–water partition coefficient (Wildman–Crippen LogP) is 3.91. The Labute approximate surface area is 431 Å². The first kappa shape index (κ1) is 57.0. The lowest BCUT2D eigenvalue weighted by molar-refractivity contribution is -0.138. The third kappa shape index (κ3) is 13.6. The van der Waals surface area contributed by atoms with Gasteiger partial charge in [-0.1, -0.05) is 53.3 Å². The van der Waals surface area contributed by atoms with Gasteiger partial charge in [0.1, 0.15) is 0 Å². The van der Waals surface area contributed by atoms with Crippen molar-refractivity contribution >= 4 is 39.7 Å². The molecule has 2 amide bonds. The first-order valence-corrected chi connectivity index (χ1v) is 24.5. The summed E-state index contributed by atoms with van der Waals surface area (Å²) in [6, 6.07) is 15.2. The van der Waals surface area contributed by atoms with Crippen molar-refractivity contribution in [1.29, 1.82) is 0 Å². The van der Waals surface area contributed by atoms with E-state index in [-0.39, 0.29) is 32.1 Å². The van der Waals surface area contributed by atoms with Crippen molar-refractivity contribution in [1.82, 2.24) is 39.2 Å². The van der Waals surface area contributed by atoms with E-state index in [0.29, 0.717) is 76.5 Å². The van der Waals surface area contributed by atoms with Gasteiger partial charge < -0.3 is 39.7 Å². The summed E-state index contributed by atoms with van der Waals surface area (Å²) in [6.07, 6.45) is 6.99. The second kappa shape index (κ2) is 23.3. The minimum absolute atomic E-state index is 0. The Morgan fingerprint density at radius 2 is 1.18 bits per heavy atom. The standard InChI is InChI=1S/C26H32N4O5.C19H24BrN3O3.C7H9NO2.CH4/c1-5-35-23(31)22-20-16-29(17-25(2,3)33)13-10-21(20)30(27-22)19-8-6-7-18(15-19)9-11-26(34)12-14-28(4)24(26)32;1-4-26-18(24)17-15-11-22(12-19(2,3)25)9-8-16(15)23(21-17)14-7-5-6-13(20)10-14;1-3-7(10)4-5-8(2)6(7)9;/h6-8,15,33-34H,5,10,12-14,16-17H2,1-4H3;5-7,10,25H,4,8-9,11-12H2,1-3H3;1,10H,4-5H2,2H3;1H4/t26-;;7-;/m0.0./s1. The predicted molar refractivity (Wildman–Crippen MR) is 274 cm³/mol. The molecule has 0 bridgehead atoms. The summed E-state index contributed by atoms with van der Waals surface area (Å²) < 4.78 is 15.0. The van der Waals surface area contributed by atoms with Gasteiger partial charge in [0.05, 0.1) is 47.2 Å². The van der Waals surface area contributed by atoms with Crippen LogP contribution >= 0.6 is 15.9 Å². The van der Waals surface area contributed by atoms with E-state index in [1.54, 1.807) is 66.4 Å². The Bertz CT molecular complexity index is 2740. The molecule has 4 N–H and O–H groups in total. The van der Waals surface area contributed by atoms with E-state index in [1.165, 1.54) is 9.80 Å². The number of carbonyl (C=O) groups excluding carboxylic acids is 4. The smallest absolute Gasteiger partial charge is 0.359 e. The van der Waals surface area contributed by atoms with Crippen molar-refractivity contribution < 1.29 is 49.1 Å². The number of likely N-dealkylation sites (tertiary alicyclic amines) is 2. The molecular formula is C53H69BrN8O10. The average molecular weight is 1060 g/mol. The molecule has 0 radical (unpaired) electrons. The Morgan fingerprint density at radius 1 is 0.736 bits per heavy atom.